The summed E-state index contributed by atoms with van der Waals surface area (Å²) in [5.74, 6) is 0.645. The molecule has 3 heterocycles. The average molecular weight is 444 g/mol. The maximum atomic E-state index is 12.3. The van der Waals surface area contributed by atoms with Gasteiger partial charge >= 0.3 is 12.2 Å². The number of imidazole rings is 1. The van der Waals surface area contributed by atoms with Crippen LogP contribution in [0.2, 0.25) is 0 Å². The summed E-state index contributed by atoms with van der Waals surface area (Å²) >= 11 is 0. The van der Waals surface area contributed by atoms with Crippen molar-refractivity contribution >= 4 is 17.4 Å². The number of halogens is 3. The number of hydrogen-bond acceptors (Lipinski definition) is 4. The summed E-state index contributed by atoms with van der Waals surface area (Å²) in [5.41, 5.74) is 4.04. The van der Waals surface area contributed by atoms with Gasteiger partial charge in [0.2, 0.25) is 0 Å². The van der Waals surface area contributed by atoms with Crippen LogP contribution in [0.1, 0.15) is 0 Å². The van der Waals surface area contributed by atoms with Gasteiger partial charge in [-0.3, -0.25) is 9.08 Å². The summed E-state index contributed by atoms with van der Waals surface area (Å²) in [6, 6.07) is 9.58. The lowest BCUT2D eigenvalue weighted by Gasteiger charge is -2.11. The van der Waals surface area contributed by atoms with Crippen LogP contribution < -0.4 is 15.4 Å². The molecule has 0 aliphatic carbocycles. The monoisotopic (exact) mass is 444 g/mol. The van der Waals surface area contributed by atoms with Gasteiger partial charge in [-0.15, -0.1) is 0 Å². The molecule has 0 bridgehead atoms. The number of aromatic nitrogens is 4. The summed E-state index contributed by atoms with van der Waals surface area (Å²) in [6.45, 7) is -1.41. The molecule has 8 nitrogen and oxygen atoms in total. The van der Waals surface area contributed by atoms with E-state index in [1.807, 2.05) is 35.8 Å². The Morgan fingerprint density at radius 1 is 1.19 bits per heavy atom. The number of benzene rings is 1. The number of amides is 2. The van der Waals surface area contributed by atoms with Crippen molar-refractivity contribution in [1.29, 1.82) is 0 Å². The molecule has 4 rings (SSSR count). The quantitative estimate of drug-likeness (QED) is 0.486. The Labute approximate surface area is 180 Å². The highest BCUT2D eigenvalue weighted by molar-refractivity contribution is 5.90. The number of anilines is 1. The van der Waals surface area contributed by atoms with Crippen molar-refractivity contribution in [1.82, 2.24) is 24.5 Å². The maximum Gasteiger partial charge on any atom is 0.405 e. The highest BCUT2D eigenvalue weighted by Gasteiger charge is 2.27. The van der Waals surface area contributed by atoms with E-state index >= 15 is 0 Å². The van der Waals surface area contributed by atoms with Crippen LogP contribution in [0.4, 0.5) is 23.7 Å². The van der Waals surface area contributed by atoms with Crippen molar-refractivity contribution in [2.45, 2.75) is 6.18 Å². The minimum Gasteiger partial charge on any atom is -0.493 e. The van der Waals surface area contributed by atoms with E-state index in [0.717, 1.165) is 16.8 Å². The molecule has 32 heavy (non-hydrogen) atoms. The lowest BCUT2D eigenvalue weighted by molar-refractivity contribution is -0.122. The molecule has 0 aliphatic heterocycles. The highest BCUT2D eigenvalue weighted by atomic mass is 19.4. The second kappa shape index (κ2) is 8.25. The van der Waals surface area contributed by atoms with Gasteiger partial charge in [0.1, 0.15) is 17.9 Å². The number of urea groups is 1. The van der Waals surface area contributed by atoms with Crippen LogP contribution in [0, 0.1) is 0 Å². The van der Waals surface area contributed by atoms with Crippen LogP contribution >= 0.6 is 0 Å². The zero-order valence-corrected chi connectivity index (χ0v) is 17.1. The van der Waals surface area contributed by atoms with Crippen LogP contribution in [0.3, 0.4) is 0 Å². The fourth-order valence-electron chi connectivity index (χ4n) is 3.27. The van der Waals surface area contributed by atoms with E-state index in [1.165, 1.54) is 0 Å². The molecule has 11 heteroatoms. The third-order valence-corrected chi connectivity index (χ3v) is 4.67. The minimum atomic E-state index is -4.48. The summed E-state index contributed by atoms with van der Waals surface area (Å²) in [5, 5.41) is 8.61. The molecular weight excluding hydrogens is 425 g/mol. The summed E-state index contributed by atoms with van der Waals surface area (Å²) in [4.78, 5) is 16.2. The van der Waals surface area contributed by atoms with Crippen molar-refractivity contribution in [3.05, 3.63) is 55.0 Å². The number of fused-ring (bicyclic) bond motifs is 1. The fraction of sp³-hybridized carbons (Fsp3) is 0.190. The second-order valence-corrected chi connectivity index (χ2v) is 7.01. The first-order valence-electron chi connectivity index (χ1n) is 9.50. The van der Waals surface area contributed by atoms with Crippen molar-refractivity contribution in [2.75, 3.05) is 19.0 Å². The number of alkyl halides is 3. The minimum absolute atomic E-state index is 0.354. The smallest absolute Gasteiger partial charge is 0.405 e. The SMILES string of the molecule is COc1cn(C)nc1-c1ccn2c(-c3cccc(NC(=O)NCC(F)(F)F)c3)cnc2c1. The van der Waals surface area contributed by atoms with Gasteiger partial charge in [0.15, 0.2) is 5.75 Å². The first-order valence-corrected chi connectivity index (χ1v) is 9.50. The Morgan fingerprint density at radius 3 is 2.75 bits per heavy atom. The summed E-state index contributed by atoms with van der Waals surface area (Å²) < 4.78 is 45.7. The number of pyridine rings is 1. The molecule has 4 aromatic rings. The van der Waals surface area contributed by atoms with Crippen LogP contribution in [0.15, 0.2) is 55.0 Å². The number of aryl methyl sites for hydroxylation is 1. The molecule has 1 aromatic carbocycles. The molecule has 0 atom stereocenters. The number of carbonyl (C=O) groups is 1. The van der Waals surface area contributed by atoms with Gasteiger partial charge < -0.3 is 15.4 Å². The van der Waals surface area contributed by atoms with E-state index in [9.17, 15) is 18.0 Å². The van der Waals surface area contributed by atoms with E-state index in [-0.39, 0.29) is 0 Å². The lowest BCUT2D eigenvalue weighted by Crippen LogP contribution is -2.36. The predicted octanol–water partition coefficient (Wildman–Crippen LogP) is 4.09. The van der Waals surface area contributed by atoms with Gasteiger partial charge in [-0.25, -0.2) is 9.78 Å². The predicted molar refractivity (Wildman–Crippen MR) is 112 cm³/mol. The number of ether oxygens (including phenoxy) is 1. The van der Waals surface area contributed by atoms with Crippen LogP contribution in [0.25, 0.3) is 28.2 Å². The molecule has 3 aromatic heterocycles. The number of hydrogen-bond donors (Lipinski definition) is 2. The summed E-state index contributed by atoms with van der Waals surface area (Å²) in [6.07, 6.45) is 0.822. The zero-order valence-electron chi connectivity index (χ0n) is 17.1. The molecule has 0 fully saturated rings. The first-order chi connectivity index (χ1) is 15.2. The average Bonchev–Trinajstić information content (AvgIpc) is 3.34. The standard InChI is InChI=1S/C21H19F3N6O2/c1-29-11-17(32-2)19(28-29)14-6-7-30-16(10-25-18(30)9-14)13-4-3-5-15(8-13)27-20(31)26-12-21(22,23)24/h3-11H,12H2,1-2H3,(H2,26,27,31). The Bertz CT molecular complexity index is 1280. The van der Waals surface area contributed by atoms with E-state index in [2.05, 4.69) is 15.4 Å². The van der Waals surface area contributed by atoms with Gasteiger partial charge in [-0.2, -0.15) is 18.3 Å². The van der Waals surface area contributed by atoms with Gasteiger partial charge in [-0.05, 0) is 24.3 Å². The Hall–Kier alpha value is -4.02. The molecule has 0 saturated heterocycles. The summed E-state index contributed by atoms with van der Waals surface area (Å²) in [7, 11) is 3.39. The first kappa shape index (κ1) is 21.2. The molecule has 0 saturated carbocycles. The number of methoxy groups -OCH3 is 1. The molecule has 166 valence electrons. The molecule has 2 amide bonds. The highest BCUT2D eigenvalue weighted by Crippen LogP contribution is 2.30. The second-order valence-electron chi connectivity index (χ2n) is 7.01. The zero-order chi connectivity index (χ0) is 22.9. The van der Waals surface area contributed by atoms with Crippen molar-refractivity contribution in [3.8, 4) is 28.3 Å². The van der Waals surface area contributed by atoms with Crippen LogP contribution in [-0.4, -0.2) is 45.0 Å². The Kier molecular flexibility index (Phi) is 5.47. The van der Waals surface area contributed by atoms with Crippen molar-refractivity contribution in [3.63, 3.8) is 0 Å². The number of rotatable bonds is 5. The van der Waals surface area contributed by atoms with E-state index < -0.39 is 18.8 Å². The molecule has 0 unspecified atom stereocenters. The molecular formula is C21H19F3N6O2. The topological polar surface area (TPSA) is 85.5 Å². The van der Waals surface area contributed by atoms with Gasteiger partial charge in [0, 0.05) is 30.1 Å². The van der Waals surface area contributed by atoms with Gasteiger partial charge in [0.05, 0.1) is 25.2 Å². The van der Waals surface area contributed by atoms with Crippen molar-refractivity contribution in [2.24, 2.45) is 7.05 Å². The lowest BCUT2D eigenvalue weighted by atomic mass is 10.1. The van der Waals surface area contributed by atoms with Gasteiger partial charge in [0.25, 0.3) is 0 Å². The van der Waals surface area contributed by atoms with Crippen LogP contribution in [0.5, 0.6) is 5.75 Å². The third-order valence-electron chi connectivity index (χ3n) is 4.67. The number of carbonyl (C=O) groups excluding carboxylic acids is 1. The Balaban J connectivity index is 1.59. The largest absolute Gasteiger partial charge is 0.493 e. The fourth-order valence-corrected chi connectivity index (χ4v) is 3.27. The van der Waals surface area contributed by atoms with E-state index in [4.69, 9.17) is 4.74 Å². The van der Waals surface area contributed by atoms with Crippen LogP contribution in [-0.2, 0) is 7.05 Å². The molecule has 0 aliphatic rings. The van der Waals surface area contributed by atoms with Crippen molar-refractivity contribution < 1.29 is 22.7 Å². The number of nitrogens with one attached hydrogen (secondary N) is 2. The van der Waals surface area contributed by atoms with E-state index in [0.29, 0.717) is 22.8 Å². The Morgan fingerprint density at radius 2 is 2.00 bits per heavy atom. The molecule has 2 N–H and O–H groups in total. The molecule has 0 spiro atoms. The van der Waals surface area contributed by atoms with E-state index in [1.54, 1.807) is 47.7 Å². The normalized spacial score (nSPS) is 11.5. The maximum absolute atomic E-state index is 12.3. The molecule has 0 radical (unpaired) electrons. The van der Waals surface area contributed by atoms with Gasteiger partial charge in [-0.1, -0.05) is 12.1 Å². The number of nitrogens with zero attached hydrogens (tertiary/aromatic N) is 4. The third kappa shape index (κ3) is 4.51.